The predicted octanol–water partition coefficient (Wildman–Crippen LogP) is 3.24. The summed E-state index contributed by atoms with van der Waals surface area (Å²) in [5.41, 5.74) is 0. The lowest BCUT2D eigenvalue weighted by Crippen LogP contribution is -1.82. The summed E-state index contributed by atoms with van der Waals surface area (Å²) in [6, 6.07) is 10.1. The maximum absolute atomic E-state index is 2.63. The lowest BCUT2D eigenvalue weighted by molar-refractivity contribution is 1.50. The van der Waals surface area contributed by atoms with Gasteiger partial charge in [-0.25, -0.2) is 0 Å². The largest absolute Gasteiger partial charge is 0.106 e. The molecule has 0 amide bonds. The maximum Gasteiger partial charge on any atom is -0.0303 e. The van der Waals surface area contributed by atoms with Crippen molar-refractivity contribution in [3.05, 3.63) is 30.3 Å². The first kappa shape index (κ1) is 13.3. The Labute approximate surface area is 73.2 Å². The van der Waals surface area contributed by atoms with E-state index in [2.05, 4.69) is 9.24 Å². The molecule has 0 aliphatic carbocycles. The van der Waals surface area contributed by atoms with Gasteiger partial charge in [0.25, 0.3) is 0 Å². The van der Waals surface area contributed by atoms with Crippen molar-refractivity contribution in [2.75, 3.05) is 0 Å². The van der Waals surface area contributed by atoms with Gasteiger partial charge >= 0.3 is 0 Å². The predicted molar refractivity (Wildman–Crippen MR) is 58.5 cm³/mol. The van der Waals surface area contributed by atoms with E-state index >= 15 is 0 Å². The Morgan fingerprint density at radius 3 is 1.36 bits per heavy atom. The molecule has 0 radical (unpaired) electrons. The number of rotatable bonds is 0. The minimum atomic E-state index is 1.24. The van der Waals surface area contributed by atoms with Gasteiger partial charge in [0.15, 0.2) is 0 Å². The van der Waals surface area contributed by atoms with Gasteiger partial charge < -0.3 is 0 Å². The zero-order chi connectivity index (χ0) is 9.11. The van der Waals surface area contributed by atoms with Crippen LogP contribution >= 0.6 is 9.24 Å². The molecular weight excluding hydrogens is 151 g/mol. The number of hydrogen-bond donors (Lipinski definition) is 0. The van der Waals surface area contributed by atoms with Crippen LogP contribution in [0.25, 0.3) is 0 Å². The summed E-state index contributed by atoms with van der Waals surface area (Å²) in [6.45, 7) is 8.00. The summed E-state index contributed by atoms with van der Waals surface area (Å²) >= 11 is 0. The molecule has 0 aliphatic rings. The van der Waals surface area contributed by atoms with Crippen LogP contribution in [0.3, 0.4) is 0 Å². The molecule has 0 aromatic heterocycles. The molecule has 1 rings (SSSR count). The molecular formula is C10H19P. The third-order valence-electron chi connectivity index (χ3n) is 0.800. The quantitative estimate of drug-likeness (QED) is 0.524. The molecule has 1 aromatic rings. The molecule has 64 valence electrons. The second kappa shape index (κ2) is 12.3. The summed E-state index contributed by atoms with van der Waals surface area (Å²) in [5, 5.41) is 1.24. The van der Waals surface area contributed by atoms with Crippen LogP contribution in [-0.2, 0) is 0 Å². The van der Waals surface area contributed by atoms with Crippen LogP contribution in [0, 0.1) is 0 Å². The van der Waals surface area contributed by atoms with Crippen LogP contribution in [0.5, 0.6) is 0 Å². The molecule has 0 fully saturated rings. The van der Waals surface area contributed by atoms with Crippen LogP contribution in [0.15, 0.2) is 30.3 Å². The summed E-state index contributed by atoms with van der Waals surface area (Å²) in [5.74, 6) is 0. The smallest absolute Gasteiger partial charge is 0.0303 e. The van der Waals surface area contributed by atoms with Crippen molar-refractivity contribution < 1.29 is 0 Å². The molecule has 1 aromatic carbocycles. The van der Waals surface area contributed by atoms with Gasteiger partial charge in [-0.05, 0) is 5.30 Å². The fourth-order valence-corrected chi connectivity index (χ4v) is 0.675. The molecule has 0 nitrogen and oxygen atoms in total. The van der Waals surface area contributed by atoms with Gasteiger partial charge in [-0.3, -0.25) is 0 Å². The van der Waals surface area contributed by atoms with Crippen molar-refractivity contribution in [1.29, 1.82) is 0 Å². The van der Waals surface area contributed by atoms with Gasteiger partial charge in [-0.1, -0.05) is 58.0 Å². The van der Waals surface area contributed by atoms with Crippen molar-refractivity contribution in [3.8, 4) is 0 Å². The van der Waals surface area contributed by atoms with E-state index in [1.807, 2.05) is 58.0 Å². The highest BCUT2D eigenvalue weighted by atomic mass is 31.0. The number of hydrogen-bond acceptors (Lipinski definition) is 0. The summed E-state index contributed by atoms with van der Waals surface area (Å²) in [6.07, 6.45) is 0. The van der Waals surface area contributed by atoms with Gasteiger partial charge in [0.2, 0.25) is 0 Å². The Morgan fingerprint density at radius 2 is 1.18 bits per heavy atom. The van der Waals surface area contributed by atoms with E-state index in [-0.39, 0.29) is 0 Å². The van der Waals surface area contributed by atoms with E-state index in [1.165, 1.54) is 5.30 Å². The molecule has 11 heavy (non-hydrogen) atoms. The fraction of sp³-hybridized carbons (Fsp3) is 0.400. The van der Waals surface area contributed by atoms with Crippen LogP contribution in [-0.4, -0.2) is 0 Å². The highest BCUT2D eigenvalue weighted by Crippen LogP contribution is 1.86. The average Bonchev–Trinajstić information content (AvgIpc) is 2.13. The second-order valence-corrected chi connectivity index (χ2v) is 2.08. The van der Waals surface area contributed by atoms with Gasteiger partial charge in [-0.2, -0.15) is 0 Å². The highest BCUT2D eigenvalue weighted by Gasteiger charge is 1.72. The zero-order valence-electron chi connectivity index (χ0n) is 7.96. The SMILES string of the molecule is CC.CC.Pc1ccccc1. The standard InChI is InChI=1S/C6H7P.2C2H6/c7-6-4-2-1-3-5-6;2*1-2/h1-5H,7H2;2*1-2H3. The van der Waals surface area contributed by atoms with Gasteiger partial charge in [0.1, 0.15) is 0 Å². The number of benzene rings is 1. The summed E-state index contributed by atoms with van der Waals surface area (Å²) < 4.78 is 0. The summed E-state index contributed by atoms with van der Waals surface area (Å²) in [7, 11) is 2.63. The van der Waals surface area contributed by atoms with Crippen molar-refractivity contribution in [2.45, 2.75) is 27.7 Å². The monoisotopic (exact) mass is 170 g/mol. The lowest BCUT2D eigenvalue weighted by atomic mass is 10.4. The molecule has 1 heteroatoms. The van der Waals surface area contributed by atoms with E-state index in [0.29, 0.717) is 0 Å². The molecule has 0 aliphatic heterocycles. The molecule has 0 saturated heterocycles. The lowest BCUT2D eigenvalue weighted by Gasteiger charge is -1.82. The van der Waals surface area contributed by atoms with E-state index in [1.54, 1.807) is 0 Å². The third kappa shape index (κ3) is 9.65. The maximum atomic E-state index is 2.63. The van der Waals surface area contributed by atoms with Gasteiger partial charge in [0.05, 0.1) is 0 Å². The second-order valence-electron chi connectivity index (χ2n) is 1.41. The molecule has 0 bridgehead atoms. The first-order valence-corrected chi connectivity index (χ1v) is 4.78. The van der Waals surface area contributed by atoms with Crippen molar-refractivity contribution in [1.82, 2.24) is 0 Å². The van der Waals surface area contributed by atoms with Gasteiger partial charge in [-0.15, -0.1) is 9.24 Å². The molecule has 0 saturated carbocycles. The zero-order valence-corrected chi connectivity index (χ0v) is 9.12. The molecule has 0 N–H and O–H groups in total. The molecule has 0 spiro atoms. The minimum Gasteiger partial charge on any atom is -0.106 e. The Hall–Kier alpha value is -0.350. The Bertz CT molecular complexity index is 135. The van der Waals surface area contributed by atoms with Crippen LogP contribution in [0.2, 0.25) is 0 Å². The van der Waals surface area contributed by atoms with Crippen molar-refractivity contribution >= 4 is 14.5 Å². The first-order valence-electron chi connectivity index (χ1n) is 4.20. The summed E-state index contributed by atoms with van der Waals surface area (Å²) in [4.78, 5) is 0. The Balaban J connectivity index is 0. The van der Waals surface area contributed by atoms with Crippen LogP contribution in [0.1, 0.15) is 27.7 Å². The van der Waals surface area contributed by atoms with Crippen LogP contribution < -0.4 is 5.30 Å². The van der Waals surface area contributed by atoms with Crippen molar-refractivity contribution in [3.63, 3.8) is 0 Å². The van der Waals surface area contributed by atoms with E-state index in [4.69, 9.17) is 0 Å². The normalized spacial score (nSPS) is 6.64. The van der Waals surface area contributed by atoms with Crippen molar-refractivity contribution in [2.24, 2.45) is 0 Å². The Kier molecular flexibility index (Phi) is 14.9. The highest BCUT2D eigenvalue weighted by molar-refractivity contribution is 7.27. The van der Waals surface area contributed by atoms with E-state index < -0.39 is 0 Å². The molecule has 1 atom stereocenters. The van der Waals surface area contributed by atoms with Gasteiger partial charge in [0, 0.05) is 0 Å². The van der Waals surface area contributed by atoms with E-state index in [0.717, 1.165) is 0 Å². The van der Waals surface area contributed by atoms with Crippen LogP contribution in [0.4, 0.5) is 0 Å². The topological polar surface area (TPSA) is 0 Å². The molecule has 1 unspecified atom stereocenters. The first-order chi connectivity index (χ1) is 5.39. The molecule has 0 heterocycles. The minimum absolute atomic E-state index is 1.24. The average molecular weight is 170 g/mol. The fourth-order valence-electron chi connectivity index (χ4n) is 0.453. The third-order valence-corrected chi connectivity index (χ3v) is 1.18. The Morgan fingerprint density at radius 1 is 0.818 bits per heavy atom. The van der Waals surface area contributed by atoms with E-state index in [9.17, 15) is 0 Å².